The first-order valence-electron chi connectivity index (χ1n) is 7.67. The van der Waals surface area contributed by atoms with Crippen molar-refractivity contribution in [2.75, 3.05) is 0 Å². The van der Waals surface area contributed by atoms with E-state index in [0.717, 1.165) is 11.1 Å². The quantitative estimate of drug-likeness (QED) is 0.859. The highest BCUT2D eigenvalue weighted by Gasteiger charge is 2.26. The Bertz CT molecular complexity index is 670. The van der Waals surface area contributed by atoms with Crippen LogP contribution in [0, 0.1) is 12.7 Å². The third-order valence-corrected chi connectivity index (χ3v) is 3.84. The van der Waals surface area contributed by atoms with E-state index in [-0.39, 0.29) is 11.7 Å². The van der Waals surface area contributed by atoms with E-state index in [1.54, 1.807) is 26.0 Å². The van der Waals surface area contributed by atoms with E-state index in [2.05, 4.69) is 0 Å². The molecule has 23 heavy (non-hydrogen) atoms. The first kappa shape index (κ1) is 17.2. The van der Waals surface area contributed by atoms with Crippen molar-refractivity contribution in [3.05, 3.63) is 71.0 Å². The van der Waals surface area contributed by atoms with Crippen molar-refractivity contribution < 1.29 is 13.9 Å². The summed E-state index contributed by atoms with van der Waals surface area (Å²) in [6.45, 7) is 5.14. The zero-order chi connectivity index (χ0) is 17.0. The van der Waals surface area contributed by atoms with E-state index in [0.29, 0.717) is 5.56 Å². The average Bonchev–Trinajstić information content (AvgIpc) is 2.52. The van der Waals surface area contributed by atoms with Gasteiger partial charge in [0.05, 0.1) is 0 Å². The lowest BCUT2D eigenvalue weighted by Crippen LogP contribution is -2.33. The molecule has 3 atom stereocenters. The fourth-order valence-corrected chi connectivity index (χ4v) is 2.61. The van der Waals surface area contributed by atoms with Crippen LogP contribution in [0.1, 0.15) is 36.5 Å². The Morgan fingerprint density at radius 3 is 2.30 bits per heavy atom. The largest absolute Gasteiger partial charge is 0.461 e. The maximum atomic E-state index is 13.6. The van der Waals surface area contributed by atoms with Crippen molar-refractivity contribution in [3.63, 3.8) is 0 Å². The van der Waals surface area contributed by atoms with Crippen LogP contribution >= 0.6 is 0 Å². The molecule has 0 bridgehead atoms. The van der Waals surface area contributed by atoms with Crippen molar-refractivity contribution in [2.24, 2.45) is 5.73 Å². The van der Waals surface area contributed by atoms with Gasteiger partial charge in [-0.2, -0.15) is 0 Å². The lowest BCUT2D eigenvalue weighted by atomic mass is 9.86. The second-order valence-electron chi connectivity index (χ2n) is 5.83. The maximum Gasteiger partial charge on any atom is 0.322 e. The number of aryl methyl sites for hydroxylation is 1. The zero-order valence-corrected chi connectivity index (χ0v) is 13.6. The van der Waals surface area contributed by atoms with Crippen molar-refractivity contribution in [1.82, 2.24) is 0 Å². The van der Waals surface area contributed by atoms with Crippen LogP contribution in [0.4, 0.5) is 4.39 Å². The highest BCUT2D eigenvalue weighted by atomic mass is 19.1. The highest BCUT2D eigenvalue weighted by molar-refractivity contribution is 5.75. The van der Waals surface area contributed by atoms with Crippen LogP contribution in [0.3, 0.4) is 0 Å². The Labute approximate surface area is 136 Å². The van der Waals surface area contributed by atoms with Crippen LogP contribution < -0.4 is 5.73 Å². The van der Waals surface area contributed by atoms with Gasteiger partial charge < -0.3 is 10.5 Å². The Hall–Kier alpha value is -2.20. The minimum Gasteiger partial charge on any atom is -0.461 e. The van der Waals surface area contributed by atoms with Crippen LogP contribution in [-0.4, -0.2) is 18.1 Å². The topological polar surface area (TPSA) is 52.3 Å². The number of carbonyl (C=O) groups excluding carboxylic acids is 1. The monoisotopic (exact) mass is 315 g/mol. The minimum absolute atomic E-state index is 0.182. The van der Waals surface area contributed by atoms with Gasteiger partial charge in [0.25, 0.3) is 0 Å². The lowest BCUT2D eigenvalue weighted by Gasteiger charge is -2.26. The van der Waals surface area contributed by atoms with E-state index in [1.807, 2.05) is 37.3 Å². The Balaban J connectivity index is 2.39. The molecule has 0 fully saturated rings. The summed E-state index contributed by atoms with van der Waals surface area (Å²) >= 11 is 0. The summed E-state index contributed by atoms with van der Waals surface area (Å²) in [5.41, 5.74) is 8.05. The Morgan fingerprint density at radius 2 is 1.74 bits per heavy atom. The molecule has 0 aliphatic rings. The van der Waals surface area contributed by atoms with Crippen LogP contribution in [0.25, 0.3) is 0 Å². The summed E-state index contributed by atoms with van der Waals surface area (Å²) in [7, 11) is 0. The molecule has 0 saturated heterocycles. The average molecular weight is 315 g/mol. The van der Waals surface area contributed by atoms with E-state index in [4.69, 9.17) is 10.5 Å². The molecular weight excluding hydrogens is 293 g/mol. The van der Waals surface area contributed by atoms with Gasteiger partial charge in [-0.3, -0.25) is 4.79 Å². The summed E-state index contributed by atoms with van der Waals surface area (Å²) in [5, 5.41) is 0. The normalized spacial score (nSPS) is 14.8. The van der Waals surface area contributed by atoms with Crippen molar-refractivity contribution >= 4 is 5.97 Å². The molecule has 3 nitrogen and oxygen atoms in total. The summed E-state index contributed by atoms with van der Waals surface area (Å²) in [6.07, 6.45) is -0.416. The number of benzene rings is 2. The number of esters is 1. The fourth-order valence-electron chi connectivity index (χ4n) is 2.61. The number of hydrogen-bond acceptors (Lipinski definition) is 3. The molecule has 2 aromatic rings. The molecule has 0 spiro atoms. The summed E-state index contributed by atoms with van der Waals surface area (Å²) in [5.74, 6) is -0.878. The number of carbonyl (C=O) groups is 1. The number of halogens is 1. The molecule has 2 N–H and O–H groups in total. The second-order valence-corrected chi connectivity index (χ2v) is 5.83. The zero-order valence-electron chi connectivity index (χ0n) is 13.6. The molecule has 0 saturated carbocycles. The van der Waals surface area contributed by atoms with Crippen molar-refractivity contribution in [1.29, 1.82) is 0 Å². The minimum atomic E-state index is -0.677. The molecule has 4 heteroatoms. The van der Waals surface area contributed by atoms with Gasteiger partial charge in [0.1, 0.15) is 18.0 Å². The predicted molar refractivity (Wildman–Crippen MR) is 88.6 cm³/mol. The van der Waals surface area contributed by atoms with Gasteiger partial charge in [-0.05, 0) is 43.5 Å². The van der Waals surface area contributed by atoms with Gasteiger partial charge in [0.2, 0.25) is 0 Å². The molecule has 2 aromatic carbocycles. The van der Waals surface area contributed by atoms with E-state index in [9.17, 15) is 9.18 Å². The summed E-state index contributed by atoms with van der Waals surface area (Å²) < 4.78 is 19.1. The Morgan fingerprint density at radius 1 is 1.09 bits per heavy atom. The standard InChI is InChI=1S/C19H22FNO2/c1-12-11-16(9-10-17(12)20)18(15-7-5-4-6-8-15)14(3)23-19(22)13(2)21/h4-11,13-14,18H,21H2,1-3H3/t13-,14-,18-/m0/s1. The number of ether oxygens (including phenoxy) is 1. The number of hydrogen-bond donors (Lipinski definition) is 1. The molecule has 0 radical (unpaired) electrons. The molecule has 122 valence electrons. The molecule has 2 rings (SSSR count). The molecule has 0 amide bonds. The smallest absolute Gasteiger partial charge is 0.322 e. The van der Waals surface area contributed by atoms with Crippen LogP contribution in [-0.2, 0) is 9.53 Å². The molecule has 0 aliphatic carbocycles. The van der Waals surface area contributed by atoms with Crippen molar-refractivity contribution in [2.45, 2.75) is 38.8 Å². The first-order valence-corrected chi connectivity index (χ1v) is 7.67. The molecule has 0 aliphatic heterocycles. The number of rotatable bonds is 5. The van der Waals surface area contributed by atoms with Gasteiger partial charge in [-0.15, -0.1) is 0 Å². The molecule has 0 heterocycles. The van der Waals surface area contributed by atoms with Gasteiger partial charge in [-0.1, -0.05) is 42.5 Å². The number of nitrogens with two attached hydrogens (primary N) is 1. The third kappa shape index (κ3) is 4.17. The van der Waals surface area contributed by atoms with E-state index in [1.165, 1.54) is 6.07 Å². The van der Waals surface area contributed by atoms with Crippen molar-refractivity contribution in [3.8, 4) is 0 Å². The summed E-state index contributed by atoms with van der Waals surface area (Å²) in [6, 6.07) is 14.0. The van der Waals surface area contributed by atoms with Gasteiger partial charge in [-0.25, -0.2) is 4.39 Å². The molecule has 0 unspecified atom stereocenters. The van der Waals surface area contributed by atoms with Crippen LogP contribution in [0.2, 0.25) is 0 Å². The lowest BCUT2D eigenvalue weighted by molar-refractivity contribution is -0.149. The predicted octanol–water partition coefficient (Wildman–Crippen LogP) is 3.54. The highest BCUT2D eigenvalue weighted by Crippen LogP contribution is 2.31. The Kier molecular flexibility index (Phi) is 5.50. The van der Waals surface area contributed by atoms with E-state index >= 15 is 0 Å². The molecule has 0 aromatic heterocycles. The summed E-state index contributed by atoms with van der Waals surface area (Å²) in [4.78, 5) is 11.8. The van der Waals surface area contributed by atoms with Gasteiger partial charge in [0.15, 0.2) is 0 Å². The van der Waals surface area contributed by atoms with Crippen LogP contribution in [0.5, 0.6) is 0 Å². The van der Waals surface area contributed by atoms with E-state index < -0.39 is 18.1 Å². The van der Waals surface area contributed by atoms with Gasteiger partial charge in [0, 0.05) is 5.92 Å². The van der Waals surface area contributed by atoms with Crippen LogP contribution in [0.15, 0.2) is 48.5 Å². The maximum absolute atomic E-state index is 13.6. The SMILES string of the molecule is Cc1cc([C@H](c2ccccc2)[C@H](C)OC(=O)[C@H](C)N)ccc1F. The third-order valence-electron chi connectivity index (χ3n) is 3.84. The first-order chi connectivity index (χ1) is 10.9. The van der Waals surface area contributed by atoms with Gasteiger partial charge >= 0.3 is 5.97 Å². The second kappa shape index (κ2) is 7.38. The molecular formula is C19H22FNO2. The fraction of sp³-hybridized carbons (Fsp3) is 0.316.